The molecule has 8 N–H and O–H groups in total. The molecule has 12 heteroatoms. The molecule has 240 valence electrons. The third-order valence-corrected chi connectivity index (χ3v) is 7.31. The molecule has 0 spiro atoms. The molecule has 0 amide bonds. The predicted octanol–water partition coefficient (Wildman–Crippen LogP) is 3.46. The number of fused-ring (bicyclic) bond motifs is 1. The second-order valence-electron chi connectivity index (χ2n) is 10.2. The van der Waals surface area contributed by atoms with Crippen LogP contribution in [0.3, 0.4) is 0 Å². The quantitative estimate of drug-likeness (QED) is 0.0849. The van der Waals surface area contributed by atoms with Gasteiger partial charge in [0.25, 0.3) is 0 Å². The van der Waals surface area contributed by atoms with E-state index in [0.29, 0.717) is 11.4 Å². The largest absolute Gasteiger partial charge is 0.478 e. The average Bonchev–Trinajstić information content (AvgIpc) is 3.51. The van der Waals surface area contributed by atoms with Crippen LogP contribution in [0.2, 0.25) is 5.02 Å². The van der Waals surface area contributed by atoms with Crippen molar-refractivity contribution >= 4 is 45.7 Å². The number of aromatic amines is 1. The van der Waals surface area contributed by atoms with E-state index in [1.54, 1.807) is 25.4 Å². The van der Waals surface area contributed by atoms with Gasteiger partial charge in [0.1, 0.15) is 24.1 Å². The molecule has 0 radical (unpaired) electrons. The van der Waals surface area contributed by atoms with Crippen molar-refractivity contribution < 1.29 is 39.8 Å². The molecule has 1 aromatic heterocycles. The van der Waals surface area contributed by atoms with Gasteiger partial charge in [-0.25, -0.2) is 9.18 Å². The third-order valence-electron chi connectivity index (χ3n) is 7.00. The summed E-state index contributed by atoms with van der Waals surface area (Å²) in [6.45, 7) is 1.47. The van der Waals surface area contributed by atoms with Crippen molar-refractivity contribution in [1.29, 1.82) is 0 Å². The topological polar surface area (TPSA) is 179 Å². The number of rotatable bonds is 12. The second kappa shape index (κ2) is 16.9. The van der Waals surface area contributed by atoms with Crippen molar-refractivity contribution in [2.75, 3.05) is 20.2 Å². The van der Waals surface area contributed by atoms with Gasteiger partial charge in [0.15, 0.2) is 0 Å². The molecule has 0 aliphatic heterocycles. The van der Waals surface area contributed by atoms with E-state index in [0.717, 1.165) is 50.4 Å². The van der Waals surface area contributed by atoms with Crippen LogP contribution >= 0.6 is 11.6 Å². The highest BCUT2D eigenvalue weighted by atomic mass is 35.5. The first-order valence-electron chi connectivity index (χ1n) is 14.1. The number of H-pyrrole nitrogens is 1. The zero-order chi connectivity index (χ0) is 33.1. The highest BCUT2D eigenvalue weighted by molar-refractivity contribution is 6.32. The van der Waals surface area contributed by atoms with Crippen molar-refractivity contribution in [1.82, 2.24) is 15.5 Å². The van der Waals surface area contributed by atoms with Crippen LogP contribution in [-0.2, 0) is 4.79 Å². The summed E-state index contributed by atoms with van der Waals surface area (Å²) < 4.78 is 13.7. The molecular weight excluding hydrogens is 605 g/mol. The average molecular weight is 642 g/mol. The van der Waals surface area contributed by atoms with Crippen molar-refractivity contribution in [2.24, 2.45) is 0 Å². The van der Waals surface area contributed by atoms with Crippen LogP contribution in [0.25, 0.3) is 28.1 Å². The minimum Gasteiger partial charge on any atom is -0.478 e. The number of hydrogen-bond donors (Lipinski definition) is 8. The first kappa shape index (κ1) is 35.5. The number of carboxylic acid groups (broad SMARTS) is 1. The Kier molecular flexibility index (Phi) is 13.4. The molecular formula is C33H37ClFN3O7. The molecule has 4 atom stereocenters. The van der Waals surface area contributed by atoms with Gasteiger partial charge in [0, 0.05) is 18.0 Å². The molecule has 10 nitrogen and oxygen atoms in total. The maximum absolute atomic E-state index is 13.7. The van der Waals surface area contributed by atoms with Crippen LogP contribution in [0, 0.1) is 5.82 Å². The second-order valence-corrected chi connectivity index (χ2v) is 10.6. The number of allylic oxidation sites excluding steroid dienone is 1. The van der Waals surface area contributed by atoms with E-state index in [2.05, 4.69) is 21.6 Å². The lowest BCUT2D eigenvalue weighted by atomic mass is 9.87. The smallest absolute Gasteiger partial charge is 0.328 e. The molecule has 1 heterocycles. The molecule has 4 aromatic rings. The Hall–Kier alpha value is -3.94. The summed E-state index contributed by atoms with van der Waals surface area (Å²) in [7, 11) is 1.57. The maximum atomic E-state index is 13.7. The van der Waals surface area contributed by atoms with Crippen LogP contribution < -0.4 is 5.32 Å². The Morgan fingerprint density at radius 3 is 2.27 bits per heavy atom. The number of carbonyl (C=O) groups is 1. The molecule has 45 heavy (non-hydrogen) atoms. The van der Waals surface area contributed by atoms with Crippen LogP contribution in [-0.4, -0.2) is 91.4 Å². The maximum Gasteiger partial charge on any atom is 0.328 e. The molecule has 4 rings (SSSR count). The minimum absolute atomic E-state index is 0.0936. The Balaban J connectivity index is 0.000000360. The summed E-state index contributed by atoms with van der Waals surface area (Å²) >= 11 is 6.44. The summed E-state index contributed by atoms with van der Waals surface area (Å²) in [5.41, 5.74) is 6.35. The number of aromatic nitrogens is 2. The van der Waals surface area contributed by atoms with Crippen molar-refractivity contribution in [3.63, 3.8) is 0 Å². The molecule has 0 aliphatic rings. The van der Waals surface area contributed by atoms with E-state index in [1.807, 2.05) is 43.3 Å². The van der Waals surface area contributed by atoms with Crippen LogP contribution in [0.4, 0.5) is 4.39 Å². The van der Waals surface area contributed by atoms with Gasteiger partial charge in [-0.2, -0.15) is 5.10 Å². The van der Waals surface area contributed by atoms with E-state index in [1.165, 1.54) is 12.1 Å². The number of nitrogens with one attached hydrogen (secondary N) is 2. The summed E-state index contributed by atoms with van der Waals surface area (Å²) in [6, 6.07) is 18.1. The van der Waals surface area contributed by atoms with Gasteiger partial charge in [-0.1, -0.05) is 54.9 Å². The number of aliphatic hydroxyl groups is 5. The normalized spacial score (nSPS) is 14.8. The number of halogens is 2. The molecule has 0 saturated carbocycles. The number of nitrogens with zero attached hydrogens (tertiary/aromatic N) is 1. The lowest BCUT2D eigenvalue weighted by molar-refractivity contribution is -0.131. The Morgan fingerprint density at radius 2 is 1.67 bits per heavy atom. The lowest BCUT2D eigenvalue weighted by Gasteiger charge is -2.25. The highest BCUT2D eigenvalue weighted by Crippen LogP contribution is 2.38. The fourth-order valence-corrected chi connectivity index (χ4v) is 4.95. The number of benzene rings is 3. The SMILES string of the molecule is CC/C(=C(/c1ccc(/C=C/C(=O)O)cc1)c1ccc2[nH]ncc2c1)c1ccc(F)cc1Cl.CNC[C@H](O)[C@@H](O)[C@H](O)[C@H](O)CO. The monoisotopic (exact) mass is 641 g/mol. The summed E-state index contributed by atoms with van der Waals surface area (Å²) in [4.78, 5) is 10.8. The summed E-state index contributed by atoms with van der Waals surface area (Å²) in [5, 5.41) is 64.7. The highest BCUT2D eigenvalue weighted by Gasteiger charge is 2.29. The standard InChI is InChI=1S/C26H20ClFN2O2.C7H17NO5/c1-2-21(22-10-9-20(28)14-23(22)27)26(18-8-11-24-19(13-18)15-29-30-24)17-6-3-16(4-7-17)5-12-25(31)32;1-8-2-4(10)6(12)7(13)5(11)3-9/h3-15H,2H2,1H3,(H,29,30)(H,31,32);4-13H,2-3H2,1H3/b12-5+,26-21+;/t;4-,5+,6+,7+/m.0/s1. The summed E-state index contributed by atoms with van der Waals surface area (Å²) in [5.74, 6) is -1.38. The van der Waals surface area contributed by atoms with Gasteiger partial charge >= 0.3 is 5.97 Å². The molecule has 0 unspecified atom stereocenters. The number of aliphatic hydroxyl groups excluding tert-OH is 5. The molecule has 3 aromatic carbocycles. The Labute approximate surface area is 264 Å². The van der Waals surface area contributed by atoms with Crippen LogP contribution in [0.15, 0.2) is 72.9 Å². The minimum atomic E-state index is -1.55. The van der Waals surface area contributed by atoms with Crippen molar-refractivity contribution in [2.45, 2.75) is 37.8 Å². The first-order chi connectivity index (χ1) is 21.5. The third kappa shape index (κ3) is 9.52. The molecule has 0 saturated heterocycles. The van der Waals surface area contributed by atoms with Crippen LogP contribution in [0.5, 0.6) is 0 Å². The zero-order valence-electron chi connectivity index (χ0n) is 24.7. The number of likely N-dealkylation sites (N-methyl/N-ethyl adjacent to an activating group) is 1. The Bertz CT molecular complexity index is 1620. The molecule has 0 aliphatic carbocycles. The number of hydrogen-bond acceptors (Lipinski definition) is 8. The van der Waals surface area contributed by atoms with Gasteiger partial charge in [-0.15, -0.1) is 0 Å². The predicted molar refractivity (Wildman–Crippen MR) is 172 cm³/mol. The van der Waals surface area contributed by atoms with E-state index in [-0.39, 0.29) is 12.4 Å². The summed E-state index contributed by atoms with van der Waals surface area (Å²) in [6.07, 6.45) is -0.554. The van der Waals surface area contributed by atoms with Crippen molar-refractivity contribution in [3.05, 3.63) is 106 Å². The first-order valence-corrected chi connectivity index (χ1v) is 14.5. The van der Waals surface area contributed by atoms with E-state index in [4.69, 9.17) is 37.1 Å². The van der Waals surface area contributed by atoms with Gasteiger partial charge in [-0.05, 0) is 77.2 Å². The van der Waals surface area contributed by atoms with Crippen LogP contribution in [0.1, 0.15) is 35.6 Å². The lowest BCUT2D eigenvalue weighted by Crippen LogP contribution is -2.48. The van der Waals surface area contributed by atoms with Gasteiger partial charge < -0.3 is 36.0 Å². The fraction of sp³-hybridized carbons (Fsp3) is 0.273. The number of aliphatic carboxylic acids is 1. The van der Waals surface area contributed by atoms with Gasteiger partial charge in [0.2, 0.25) is 0 Å². The van der Waals surface area contributed by atoms with E-state index in [9.17, 15) is 14.3 Å². The fourth-order valence-electron chi connectivity index (χ4n) is 4.67. The molecule has 0 bridgehead atoms. The van der Waals surface area contributed by atoms with Gasteiger partial charge in [-0.3, -0.25) is 5.10 Å². The van der Waals surface area contributed by atoms with E-state index >= 15 is 0 Å². The zero-order valence-corrected chi connectivity index (χ0v) is 25.5. The van der Waals surface area contributed by atoms with E-state index < -0.39 is 37.0 Å². The van der Waals surface area contributed by atoms with Gasteiger partial charge in [0.05, 0.1) is 29.4 Å². The number of carboxylic acids is 1. The van der Waals surface area contributed by atoms with Crippen molar-refractivity contribution in [3.8, 4) is 0 Å². The Morgan fingerprint density at radius 1 is 1.00 bits per heavy atom. The molecule has 0 fully saturated rings.